The first-order valence-electron chi connectivity index (χ1n) is 8.73. The molecular formula is C21H19N3O4S. The molecule has 2 aromatic carbocycles. The van der Waals surface area contributed by atoms with Crippen LogP contribution in [-0.4, -0.2) is 48.4 Å². The molecule has 0 radical (unpaired) electrons. The lowest BCUT2D eigenvalue weighted by Gasteiger charge is -2.11. The molecule has 0 saturated carbocycles. The SMILES string of the molecule is CN(C)C(=O)c1ccc(NC(=O)COC(=O)c2csc(-c3ccccc3)n2)cc1. The van der Waals surface area contributed by atoms with Crippen LogP contribution in [0.2, 0.25) is 0 Å². The highest BCUT2D eigenvalue weighted by molar-refractivity contribution is 7.13. The van der Waals surface area contributed by atoms with Gasteiger partial charge in [0.05, 0.1) is 0 Å². The Hall–Kier alpha value is -3.52. The number of nitrogens with one attached hydrogen (secondary N) is 1. The molecule has 0 atom stereocenters. The maximum atomic E-state index is 12.1. The lowest BCUT2D eigenvalue weighted by molar-refractivity contribution is -0.119. The van der Waals surface area contributed by atoms with Gasteiger partial charge in [-0.15, -0.1) is 11.3 Å². The largest absolute Gasteiger partial charge is 0.451 e. The Morgan fingerprint density at radius 2 is 1.72 bits per heavy atom. The highest BCUT2D eigenvalue weighted by Crippen LogP contribution is 2.23. The van der Waals surface area contributed by atoms with Gasteiger partial charge in [0, 0.05) is 36.3 Å². The number of carbonyl (C=O) groups excluding carboxylic acids is 3. The second-order valence-electron chi connectivity index (χ2n) is 6.31. The van der Waals surface area contributed by atoms with Crippen molar-refractivity contribution in [2.45, 2.75) is 0 Å². The molecule has 8 heteroatoms. The summed E-state index contributed by atoms with van der Waals surface area (Å²) in [6.45, 7) is -0.435. The number of amides is 2. The third-order valence-corrected chi connectivity index (χ3v) is 4.78. The summed E-state index contributed by atoms with van der Waals surface area (Å²) in [6, 6.07) is 15.9. The number of ether oxygens (including phenoxy) is 1. The number of hydrogen-bond acceptors (Lipinski definition) is 6. The quantitative estimate of drug-likeness (QED) is 0.631. The van der Waals surface area contributed by atoms with Crippen LogP contribution in [0.25, 0.3) is 10.6 Å². The molecule has 29 heavy (non-hydrogen) atoms. The van der Waals surface area contributed by atoms with Gasteiger partial charge in [0.1, 0.15) is 5.01 Å². The standard InChI is InChI=1S/C21H19N3O4S/c1-24(2)20(26)15-8-10-16(11-9-15)22-18(25)12-28-21(27)17-13-29-19(23-17)14-6-4-3-5-7-14/h3-11,13H,12H2,1-2H3,(H,22,25). The summed E-state index contributed by atoms with van der Waals surface area (Å²) in [7, 11) is 3.33. The maximum Gasteiger partial charge on any atom is 0.358 e. The van der Waals surface area contributed by atoms with Crippen molar-refractivity contribution in [3.63, 3.8) is 0 Å². The van der Waals surface area contributed by atoms with Crippen LogP contribution in [0.1, 0.15) is 20.8 Å². The average molecular weight is 409 g/mol. The minimum Gasteiger partial charge on any atom is -0.451 e. The number of anilines is 1. The van der Waals surface area contributed by atoms with Crippen molar-refractivity contribution in [2.24, 2.45) is 0 Å². The van der Waals surface area contributed by atoms with Gasteiger partial charge < -0.3 is 15.0 Å². The van der Waals surface area contributed by atoms with Crippen molar-refractivity contribution in [3.8, 4) is 10.6 Å². The fourth-order valence-corrected chi connectivity index (χ4v) is 3.23. The molecule has 148 valence electrons. The minimum absolute atomic E-state index is 0.130. The van der Waals surface area contributed by atoms with Gasteiger partial charge in [-0.1, -0.05) is 30.3 Å². The van der Waals surface area contributed by atoms with E-state index in [0.717, 1.165) is 5.56 Å². The molecule has 0 aliphatic carbocycles. The highest BCUT2D eigenvalue weighted by Gasteiger charge is 2.15. The van der Waals surface area contributed by atoms with Crippen LogP contribution in [0, 0.1) is 0 Å². The van der Waals surface area contributed by atoms with E-state index in [4.69, 9.17) is 4.74 Å². The van der Waals surface area contributed by atoms with E-state index < -0.39 is 18.5 Å². The number of hydrogen-bond donors (Lipinski definition) is 1. The number of benzene rings is 2. The van der Waals surface area contributed by atoms with E-state index in [1.54, 1.807) is 43.7 Å². The van der Waals surface area contributed by atoms with E-state index in [9.17, 15) is 14.4 Å². The van der Waals surface area contributed by atoms with Gasteiger partial charge in [-0.05, 0) is 24.3 Å². The Balaban J connectivity index is 1.52. The maximum absolute atomic E-state index is 12.1. The number of nitrogens with zero attached hydrogens (tertiary/aromatic N) is 2. The molecule has 0 fully saturated rings. The molecule has 1 aromatic heterocycles. The smallest absolute Gasteiger partial charge is 0.358 e. The van der Waals surface area contributed by atoms with Crippen molar-refractivity contribution in [2.75, 3.05) is 26.0 Å². The molecule has 0 spiro atoms. The van der Waals surface area contributed by atoms with Gasteiger partial charge in [0.15, 0.2) is 12.3 Å². The van der Waals surface area contributed by atoms with Gasteiger partial charge in [0.2, 0.25) is 0 Å². The van der Waals surface area contributed by atoms with Crippen LogP contribution in [0.4, 0.5) is 5.69 Å². The number of rotatable bonds is 6. The fourth-order valence-electron chi connectivity index (χ4n) is 2.44. The molecule has 3 rings (SSSR count). The third-order valence-electron chi connectivity index (χ3n) is 3.89. The predicted octanol–water partition coefficient (Wildman–Crippen LogP) is 3.31. The lowest BCUT2D eigenvalue weighted by Crippen LogP contribution is -2.22. The molecular weight excluding hydrogens is 390 g/mol. The normalized spacial score (nSPS) is 10.3. The second kappa shape index (κ2) is 9.11. The Labute approximate surface area is 172 Å². The lowest BCUT2D eigenvalue weighted by atomic mass is 10.2. The van der Waals surface area contributed by atoms with Crippen molar-refractivity contribution in [1.82, 2.24) is 9.88 Å². The summed E-state index contributed by atoms with van der Waals surface area (Å²) in [5.41, 5.74) is 2.08. The summed E-state index contributed by atoms with van der Waals surface area (Å²) in [5, 5.41) is 4.92. The first-order valence-corrected chi connectivity index (χ1v) is 9.61. The van der Waals surface area contributed by atoms with E-state index >= 15 is 0 Å². The second-order valence-corrected chi connectivity index (χ2v) is 7.16. The van der Waals surface area contributed by atoms with Crippen LogP contribution in [0.5, 0.6) is 0 Å². The molecule has 0 saturated heterocycles. The Kier molecular flexibility index (Phi) is 6.36. The average Bonchev–Trinajstić information content (AvgIpc) is 3.23. The van der Waals surface area contributed by atoms with E-state index in [0.29, 0.717) is 16.3 Å². The van der Waals surface area contributed by atoms with Crippen LogP contribution in [0.15, 0.2) is 60.0 Å². The monoisotopic (exact) mass is 409 g/mol. The molecule has 0 bridgehead atoms. The molecule has 1 heterocycles. The summed E-state index contributed by atoms with van der Waals surface area (Å²) in [4.78, 5) is 41.7. The first-order chi connectivity index (χ1) is 13.9. The van der Waals surface area contributed by atoms with Crippen LogP contribution in [0.3, 0.4) is 0 Å². The van der Waals surface area contributed by atoms with Gasteiger partial charge in [-0.3, -0.25) is 9.59 Å². The Bertz CT molecular complexity index is 1010. The minimum atomic E-state index is -0.662. The van der Waals surface area contributed by atoms with Crippen LogP contribution < -0.4 is 5.32 Å². The summed E-state index contributed by atoms with van der Waals surface area (Å²) in [5.74, 6) is -1.27. The van der Waals surface area contributed by atoms with E-state index in [-0.39, 0.29) is 11.6 Å². The molecule has 0 aliphatic rings. The zero-order chi connectivity index (χ0) is 20.8. The molecule has 0 aliphatic heterocycles. The van der Waals surface area contributed by atoms with Gasteiger partial charge in [-0.25, -0.2) is 9.78 Å². The Morgan fingerprint density at radius 1 is 1.03 bits per heavy atom. The number of esters is 1. The van der Waals surface area contributed by atoms with E-state index in [2.05, 4.69) is 10.3 Å². The third kappa shape index (κ3) is 5.26. The fraction of sp³-hybridized carbons (Fsp3) is 0.143. The summed E-state index contributed by atoms with van der Waals surface area (Å²) < 4.78 is 5.04. The van der Waals surface area contributed by atoms with Crippen molar-refractivity contribution in [1.29, 1.82) is 0 Å². The van der Waals surface area contributed by atoms with Crippen molar-refractivity contribution in [3.05, 3.63) is 71.2 Å². The van der Waals surface area contributed by atoms with E-state index in [1.807, 2.05) is 30.3 Å². The van der Waals surface area contributed by atoms with Gasteiger partial charge in [-0.2, -0.15) is 0 Å². The highest BCUT2D eigenvalue weighted by atomic mass is 32.1. The number of thiazole rings is 1. The zero-order valence-electron chi connectivity index (χ0n) is 15.9. The van der Waals surface area contributed by atoms with Crippen LogP contribution in [-0.2, 0) is 9.53 Å². The van der Waals surface area contributed by atoms with E-state index in [1.165, 1.54) is 16.2 Å². The molecule has 2 amide bonds. The first kappa shape index (κ1) is 20.2. The topological polar surface area (TPSA) is 88.6 Å². The zero-order valence-corrected chi connectivity index (χ0v) is 16.7. The number of aromatic nitrogens is 1. The molecule has 0 unspecified atom stereocenters. The van der Waals surface area contributed by atoms with Gasteiger partial charge >= 0.3 is 5.97 Å². The number of carbonyl (C=O) groups is 3. The Morgan fingerprint density at radius 3 is 2.38 bits per heavy atom. The molecule has 1 N–H and O–H groups in total. The summed E-state index contributed by atoms with van der Waals surface area (Å²) >= 11 is 1.33. The van der Waals surface area contributed by atoms with Gasteiger partial charge in [0.25, 0.3) is 11.8 Å². The summed E-state index contributed by atoms with van der Waals surface area (Å²) in [6.07, 6.45) is 0. The molecule has 3 aromatic rings. The van der Waals surface area contributed by atoms with Crippen molar-refractivity contribution >= 4 is 34.8 Å². The van der Waals surface area contributed by atoms with Crippen LogP contribution >= 0.6 is 11.3 Å². The predicted molar refractivity (Wildman–Crippen MR) is 111 cm³/mol. The molecule has 7 nitrogen and oxygen atoms in total. The van der Waals surface area contributed by atoms with Crippen molar-refractivity contribution < 1.29 is 19.1 Å².